The Labute approximate surface area is 136 Å². The van der Waals surface area contributed by atoms with E-state index in [1.54, 1.807) is 31.5 Å². The number of alkyl halides is 3. The number of rotatable bonds is 3. The lowest BCUT2D eigenvalue weighted by atomic mass is 10.2. The van der Waals surface area contributed by atoms with E-state index < -0.39 is 11.7 Å². The number of nitrogens with one attached hydrogen (secondary N) is 2. The summed E-state index contributed by atoms with van der Waals surface area (Å²) < 4.78 is 37.9. The predicted molar refractivity (Wildman–Crippen MR) is 87.2 cm³/mol. The minimum absolute atomic E-state index is 0.0951. The van der Waals surface area contributed by atoms with Crippen LogP contribution in [0.1, 0.15) is 18.1 Å². The van der Waals surface area contributed by atoms with Crippen LogP contribution in [0.25, 0.3) is 0 Å². The number of halogens is 3. The molecule has 2 N–H and O–H groups in total. The average molecular weight is 338 g/mol. The van der Waals surface area contributed by atoms with Crippen LogP contribution in [0.4, 0.5) is 18.9 Å². The van der Waals surface area contributed by atoms with Crippen LogP contribution in [0, 0.1) is 0 Å². The number of hydrogen-bond acceptors (Lipinski definition) is 3. The van der Waals surface area contributed by atoms with Crippen molar-refractivity contribution in [2.75, 3.05) is 5.32 Å². The SMILES string of the molecule is C/C(=N\NC(=S)Nc1cccc(C(F)(F)F)c1)c1ccncc1. The fraction of sp³-hybridized carbons (Fsp3) is 0.133. The topological polar surface area (TPSA) is 49.3 Å². The highest BCUT2D eigenvalue weighted by Crippen LogP contribution is 2.30. The zero-order valence-corrected chi connectivity index (χ0v) is 12.9. The Balaban J connectivity index is 2.00. The lowest BCUT2D eigenvalue weighted by Crippen LogP contribution is -2.25. The van der Waals surface area contributed by atoms with Crippen molar-refractivity contribution in [2.24, 2.45) is 5.10 Å². The second-order valence-electron chi connectivity index (χ2n) is 4.58. The molecule has 8 heteroatoms. The molecule has 1 aromatic carbocycles. The minimum atomic E-state index is -4.40. The quantitative estimate of drug-likeness (QED) is 0.508. The molecule has 1 aromatic heterocycles. The molecule has 120 valence electrons. The summed E-state index contributed by atoms with van der Waals surface area (Å²) in [7, 11) is 0. The molecule has 0 atom stereocenters. The summed E-state index contributed by atoms with van der Waals surface area (Å²) in [6.07, 6.45) is -1.13. The molecule has 23 heavy (non-hydrogen) atoms. The molecular formula is C15H13F3N4S. The summed E-state index contributed by atoms with van der Waals surface area (Å²) in [4.78, 5) is 3.90. The van der Waals surface area contributed by atoms with Gasteiger partial charge in [-0.05, 0) is 49.5 Å². The van der Waals surface area contributed by atoms with E-state index in [-0.39, 0.29) is 10.8 Å². The Bertz CT molecular complexity index is 714. The van der Waals surface area contributed by atoms with Gasteiger partial charge >= 0.3 is 6.18 Å². The molecule has 0 aliphatic rings. The number of hydrogen-bond donors (Lipinski definition) is 2. The van der Waals surface area contributed by atoms with Crippen molar-refractivity contribution >= 4 is 28.7 Å². The number of aromatic nitrogens is 1. The van der Waals surface area contributed by atoms with Crippen LogP contribution in [0.2, 0.25) is 0 Å². The summed E-state index contributed by atoms with van der Waals surface area (Å²) >= 11 is 5.02. The molecule has 1 heterocycles. The lowest BCUT2D eigenvalue weighted by molar-refractivity contribution is -0.137. The maximum absolute atomic E-state index is 12.6. The van der Waals surface area contributed by atoms with Crippen LogP contribution < -0.4 is 10.7 Å². The van der Waals surface area contributed by atoms with E-state index in [1.807, 2.05) is 0 Å². The molecule has 0 aliphatic carbocycles. The third-order valence-electron chi connectivity index (χ3n) is 2.87. The smallest absolute Gasteiger partial charge is 0.331 e. The van der Waals surface area contributed by atoms with Gasteiger partial charge in [0, 0.05) is 23.6 Å². The summed E-state index contributed by atoms with van der Waals surface area (Å²) in [5.41, 5.74) is 3.60. The second kappa shape index (κ2) is 7.19. The molecule has 0 saturated heterocycles. The van der Waals surface area contributed by atoms with E-state index >= 15 is 0 Å². The molecule has 0 aliphatic heterocycles. The average Bonchev–Trinajstić information content (AvgIpc) is 2.53. The zero-order valence-electron chi connectivity index (χ0n) is 12.1. The Morgan fingerprint density at radius 2 is 1.87 bits per heavy atom. The van der Waals surface area contributed by atoms with Gasteiger partial charge in [-0.2, -0.15) is 18.3 Å². The molecule has 0 radical (unpaired) electrons. The highest BCUT2D eigenvalue weighted by molar-refractivity contribution is 7.80. The Kier molecular flexibility index (Phi) is 5.28. The van der Waals surface area contributed by atoms with Crippen LogP contribution >= 0.6 is 12.2 Å². The number of benzene rings is 1. The van der Waals surface area contributed by atoms with Gasteiger partial charge in [0.2, 0.25) is 0 Å². The van der Waals surface area contributed by atoms with E-state index in [4.69, 9.17) is 12.2 Å². The van der Waals surface area contributed by atoms with Crippen LogP contribution in [-0.4, -0.2) is 15.8 Å². The second-order valence-corrected chi connectivity index (χ2v) is 4.99. The molecule has 2 aromatic rings. The first kappa shape index (κ1) is 16.9. The zero-order chi connectivity index (χ0) is 16.9. The third kappa shape index (κ3) is 5.03. The van der Waals surface area contributed by atoms with Crippen molar-refractivity contribution in [1.29, 1.82) is 0 Å². The maximum atomic E-state index is 12.6. The first-order valence-corrected chi connectivity index (χ1v) is 6.96. The number of nitrogens with zero attached hydrogens (tertiary/aromatic N) is 2. The molecule has 4 nitrogen and oxygen atoms in total. The van der Waals surface area contributed by atoms with E-state index in [2.05, 4.69) is 20.8 Å². The highest BCUT2D eigenvalue weighted by Gasteiger charge is 2.30. The molecule has 0 amide bonds. The van der Waals surface area contributed by atoms with Crippen molar-refractivity contribution in [2.45, 2.75) is 13.1 Å². The molecule has 0 saturated carbocycles. The summed E-state index contributed by atoms with van der Waals surface area (Å²) in [6, 6.07) is 8.33. The van der Waals surface area contributed by atoms with Gasteiger partial charge in [0.25, 0.3) is 0 Å². The fourth-order valence-electron chi connectivity index (χ4n) is 1.72. The normalized spacial score (nSPS) is 11.9. The fourth-order valence-corrected chi connectivity index (χ4v) is 1.89. The van der Waals surface area contributed by atoms with Gasteiger partial charge in [0.1, 0.15) is 0 Å². The van der Waals surface area contributed by atoms with Gasteiger partial charge in [0.05, 0.1) is 11.3 Å². The van der Waals surface area contributed by atoms with Gasteiger partial charge in [-0.25, -0.2) is 0 Å². The Hall–Kier alpha value is -2.48. The van der Waals surface area contributed by atoms with E-state index in [0.717, 1.165) is 17.7 Å². The van der Waals surface area contributed by atoms with Gasteiger partial charge in [0.15, 0.2) is 5.11 Å². The molecule has 2 rings (SSSR count). The summed E-state index contributed by atoms with van der Waals surface area (Å²) in [5.74, 6) is 0. The van der Waals surface area contributed by atoms with Crippen LogP contribution in [0.15, 0.2) is 53.9 Å². The first-order chi connectivity index (χ1) is 10.9. The standard InChI is InChI=1S/C15H13F3N4S/c1-10(11-5-7-19-8-6-11)21-22-14(23)20-13-4-2-3-12(9-13)15(16,17)18/h2-9H,1H3,(H2,20,22,23)/b21-10+. The monoisotopic (exact) mass is 338 g/mol. The Morgan fingerprint density at radius 3 is 2.52 bits per heavy atom. The summed E-state index contributed by atoms with van der Waals surface area (Å²) in [6.45, 7) is 1.77. The van der Waals surface area contributed by atoms with Gasteiger partial charge in [-0.1, -0.05) is 6.07 Å². The Morgan fingerprint density at radius 1 is 1.17 bits per heavy atom. The number of thiocarbonyl (C=S) groups is 1. The van der Waals surface area contributed by atoms with Gasteiger partial charge in [-0.3, -0.25) is 10.4 Å². The van der Waals surface area contributed by atoms with Crippen molar-refractivity contribution < 1.29 is 13.2 Å². The third-order valence-corrected chi connectivity index (χ3v) is 3.06. The van der Waals surface area contributed by atoms with Gasteiger partial charge in [-0.15, -0.1) is 0 Å². The van der Waals surface area contributed by atoms with E-state index in [9.17, 15) is 13.2 Å². The highest BCUT2D eigenvalue weighted by atomic mass is 32.1. The number of pyridine rings is 1. The number of hydrazone groups is 1. The number of anilines is 1. The van der Waals surface area contributed by atoms with Crippen molar-refractivity contribution in [1.82, 2.24) is 10.4 Å². The van der Waals surface area contributed by atoms with Gasteiger partial charge < -0.3 is 5.32 Å². The van der Waals surface area contributed by atoms with Crippen molar-refractivity contribution in [3.8, 4) is 0 Å². The van der Waals surface area contributed by atoms with Crippen molar-refractivity contribution in [3.05, 3.63) is 59.9 Å². The maximum Gasteiger partial charge on any atom is 0.416 e. The van der Waals surface area contributed by atoms with Crippen LogP contribution in [0.3, 0.4) is 0 Å². The molecule has 0 spiro atoms. The van der Waals surface area contributed by atoms with Crippen LogP contribution in [0.5, 0.6) is 0 Å². The molecule has 0 unspecified atom stereocenters. The van der Waals surface area contributed by atoms with Crippen LogP contribution in [-0.2, 0) is 6.18 Å². The molecule has 0 fully saturated rings. The summed E-state index contributed by atoms with van der Waals surface area (Å²) in [5, 5.41) is 6.83. The lowest BCUT2D eigenvalue weighted by Gasteiger charge is -2.11. The predicted octanol–water partition coefficient (Wildman–Crippen LogP) is 3.81. The van der Waals surface area contributed by atoms with E-state index in [0.29, 0.717) is 5.71 Å². The van der Waals surface area contributed by atoms with Crippen molar-refractivity contribution in [3.63, 3.8) is 0 Å². The molecule has 0 bridgehead atoms. The molecular weight excluding hydrogens is 325 g/mol. The van der Waals surface area contributed by atoms with E-state index in [1.165, 1.54) is 12.1 Å². The first-order valence-electron chi connectivity index (χ1n) is 6.55. The minimum Gasteiger partial charge on any atom is -0.331 e. The largest absolute Gasteiger partial charge is 0.416 e.